The van der Waals surface area contributed by atoms with Crippen molar-refractivity contribution < 1.29 is 0 Å². The van der Waals surface area contributed by atoms with E-state index in [9.17, 15) is 4.79 Å². The Balaban J connectivity index is 2.19. The summed E-state index contributed by atoms with van der Waals surface area (Å²) in [5.41, 5.74) is 2.63. The molecule has 3 N–H and O–H groups in total. The standard InChI is InChI=1S/C12H15N3O/c1-13-7-3-2-4-9-5-6-10-11(8-9)15-12(16)14-10/h2,4-6,8,13H,3,7H2,1H3,(H2,14,15,16). The van der Waals surface area contributed by atoms with Crippen LogP contribution >= 0.6 is 0 Å². The minimum atomic E-state index is -0.161. The fourth-order valence-corrected chi connectivity index (χ4v) is 1.60. The highest BCUT2D eigenvalue weighted by atomic mass is 16.1. The molecule has 0 aliphatic rings. The van der Waals surface area contributed by atoms with Gasteiger partial charge in [-0.05, 0) is 37.7 Å². The predicted octanol–water partition coefficient (Wildman–Crippen LogP) is 1.48. The van der Waals surface area contributed by atoms with Gasteiger partial charge in [-0.1, -0.05) is 18.2 Å². The van der Waals surface area contributed by atoms with Gasteiger partial charge in [0.2, 0.25) is 0 Å². The maximum atomic E-state index is 11.1. The van der Waals surface area contributed by atoms with Crippen LogP contribution in [0, 0.1) is 0 Å². The van der Waals surface area contributed by atoms with Crippen LogP contribution in [-0.2, 0) is 0 Å². The molecule has 1 heterocycles. The lowest BCUT2D eigenvalue weighted by Crippen LogP contribution is -2.05. The van der Waals surface area contributed by atoms with Crippen LogP contribution in [0.15, 0.2) is 29.1 Å². The molecule has 2 rings (SSSR count). The van der Waals surface area contributed by atoms with Crippen molar-refractivity contribution in [1.29, 1.82) is 0 Å². The largest absolute Gasteiger partial charge is 0.323 e. The lowest BCUT2D eigenvalue weighted by atomic mass is 10.2. The molecule has 16 heavy (non-hydrogen) atoms. The molecule has 0 amide bonds. The van der Waals surface area contributed by atoms with Crippen molar-refractivity contribution in [3.63, 3.8) is 0 Å². The van der Waals surface area contributed by atoms with Crippen LogP contribution in [0.3, 0.4) is 0 Å². The first kappa shape index (κ1) is 10.7. The second-order valence-electron chi connectivity index (χ2n) is 3.68. The van der Waals surface area contributed by atoms with Gasteiger partial charge in [0.25, 0.3) is 0 Å². The fraction of sp³-hybridized carbons (Fsp3) is 0.250. The molecule has 0 unspecified atom stereocenters. The monoisotopic (exact) mass is 217 g/mol. The first-order valence-electron chi connectivity index (χ1n) is 5.33. The number of hydrogen-bond donors (Lipinski definition) is 3. The zero-order valence-corrected chi connectivity index (χ0v) is 9.21. The molecule has 0 atom stereocenters. The van der Waals surface area contributed by atoms with Gasteiger partial charge in [0.1, 0.15) is 0 Å². The third-order valence-corrected chi connectivity index (χ3v) is 2.41. The van der Waals surface area contributed by atoms with E-state index in [0.29, 0.717) is 0 Å². The SMILES string of the molecule is CNCCC=Cc1ccc2[nH]c(=O)[nH]c2c1. The summed E-state index contributed by atoms with van der Waals surface area (Å²) in [6.45, 7) is 0.972. The molecule has 4 heteroatoms. The Hall–Kier alpha value is -1.81. The lowest BCUT2D eigenvalue weighted by molar-refractivity contribution is 0.809. The van der Waals surface area contributed by atoms with Gasteiger partial charge in [0, 0.05) is 0 Å². The fourth-order valence-electron chi connectivity index (χ4n) is 1.60. The van der Waals surface area contributed by atoms with Crippen LogP contribution in [-0.4, -0.2) is 23.6 Å². The van der Waals surface area contributed by atoms with Gasteiger partial charge >= 0.3 is 5.69 Å². The van der Waals surface area contributed by atoms with Gasteiger partial charge in [-0.15, -0.1) is 0 Å². The number of aromatic amines is 2. The molecule has 2 aromatic rings. The average molecular weight is 217 g/mol. The smallest absolute Gasteiger partial charge is 0.319 e. The summed E-state index contributed by atoms with van der Waals surface area (Å²) < 4.78 is 0. The number of fused-ring (bicyclic) bond motifs is 1. The Kier molecular flexibility index (Phi) is 3.22. The van der Waals surface area contributed by atoms with E-state index in [0.717, 1.165) is 29.6 Å². The topological polar surface area (TPSA) is 60.7 Å². The summed E-state index contributed by atoms with van der Waals surface area (Å²) in [7, 11) is 1.93. The van der Waals surface area contributed by atoms with E-state index in [1.807, 2.05) is 25.2 Å². The number of benzene rings is 1. The van der Waals surface area contributed by atoms with Crippen LogP contribution in [0.25, 0.3) is 17.1 Å². The zero-order valence-electron chi connectivity index (χ0n) is 9.21. The van der Waals surface area contributed by atoms with E-state index in [1.165, 1.54) is 0 Å². The summed E-state index contributed by atoms with van der Waals surface area (Å²) in [5.74, 6) is 0. The van der Waals surface area contributed by atoms with Crippen LogP contribution < -0.4 is 11.0 Å². The quantitative estimate of drug-likeness (QED) is 0.679. The third-order valence-electron chi connectivity index (χ3n) is 2.41. The Bertz CT molecular complexity index is 551. The van der Waals surface area contributed by atoms with E-state index in [2.05, 4.69) is 27.4 Å². The number of rotatable bonds is 4. The van der Waals surface area contributed by atoms with Crippen molar-refractivity contribution in [3.05, 3.63) is 40.3 Å². The molecular formula is C12H15N3O. The summed E-state index contributed by atoms with van der Waals surface area (Å²) in [6, 6.07) is 5.86. The number of hydrogen-bond acceptors (Lipinski definition) is 2. The molecule has 0 bridgehead atoms. The van der Waals surface area contributed by atoms with Crippen LogP contribution in [0.5, 0.6) is 0 Å². The van der Waals surface area contributed by atoms with E-state index in [4.69, 9.17) is 0 Å². The highest BCUT2D eigenvalue weighted by Crippen LogP contribution is 2.11. The van der Waals surface area contributed by atoms with Gasteiger partial charge in [-0.2, -0.15) is 0 Å². The van der Waals surface area contributed by atoms with Gasteiger partial charge in [-0.25, -0.2) is 4.79 Å². The highest BCUT2D eigenvalue weighted by Gasteiger charge is 1.97. The van der Waals surface area contributed by atoms with Gasteiger partial charge in [0.05, 0.1) is 11.0 Å². The molecule has 0 radical (unpaired) electrons. The average Bonchev–Trinajstić information content (AvgIpc) is 2.64. The molecule has 0 saturated heterocycles. The van der Waals surface area contributed by atoms with Crippen molar-refractivity contribution >= 4 is 17.1 Å². The molecule has 0 aliphatic carbocycles. The number of nitrogens with one attached hydrogen (secondary N) is 3. The maximum Gasteiger partial charge on any atom is 0.323 e. The molecule has 84 valence electrons. The number of H-pyrrole nitrogens is 2. The van der Waals surface area contributed by atoms with Crippen molar-refractivity contribution in [3.8, 4) is 0 Å². The summed E-state index contributed by atoms with van der Waals surface area (Å²) >= 11 is 0. The predicted molar refractivity (Wildman–Crippen MR) is 66.5 cm³/mol. The minimum absolute atomic E-state index is 0.161. The molecule has 0 aliphatic heterocycles. The van der Waals surface area contributed by atoms with Gasteiger partial charge in [0.15, 0.2) is 0 Å². The second kappa shape index (κ2) is 4.81. The van der Waals surface area contributed by atoms with Crippen molar-refractivity contribution in [2.45, 2.75) is 6.42 Å². The van der Waals surface area contributed by atoms with E-state index in [-0.39, 0.29) is 5.69 Å². The first-order valence-corrected chi connectivity index (χ1v) is 5.33. The van der Waals surface area contributed by atoms with Crippen LogP contribution in [0.2, 0.25) is 0 Å². The van der Waals surface area contributed by atoms with Gasteiger partial charge in [-0.3, -0.25) is 0 Å². The molecular weight excluding hydrogens is 202 g/mol. The Morgan fingerprint density at radius 3 is 2.94 bits per heavy atom. The van der Waals surface area contributed by atoms with E-state index >= 15 is 0 Å². The van der Waals surface area contributed by atoms with E-state index < -0.39 is 0 Å². The molecule has 1 aromatic heterocycles. The zero-order chi connectivity index (χ0) is 11.4. The third kappa shape index (κ3) is 2.41. The molecule has 0 fully saturated rings. The lowest BCUT2D eigenvalue weighted by Gasteiger charge is -1.94. The van der Waals surface area contributed by atoms with Crippen molar-refractivity contribution in [2.75, 3.05) is 13.6 Å². The van der Waals surface area contributed by atoms with Crippen molar-refractivity contribution in [2.24, 2.45) is 0 Å². The number of imidazole rings is 1. The Morgan fingerprint density at radius 2 is 2.12 bits per heavy atom. The second-order valence-corrected chi connectivity index (χ2v) is 3.68. The molecule has 0 spiro atoms. The van der Waals surface area contributed by atoms with Crippen molar-refractivity contribution in [1.82, 2.24) is 15.3 Å². The Morgan fingerprint density at radius 1 is 1.31 bits per heavy atom. The maximum absolute atomic E-state index is 11.1. The van der Waals surface area contributed by atoms with Crippen LogP contribution in [0.1, 0.15) is 12.0 Å². The highest BCUT2D eigenvalue weighted by molar-refractivity contribution is 5.77. The minimum Gasteiger partial charge on any atom is -0.319 e. The summed E-state index contributed by atoms with van der Waals surface area (Å²) in [5, 5.41) is 3.08. The molecule has 0 saturated carbocycles. The summed E-state index contributed by atoms with van der Waals surface area (Å²) in [6.07, 6.45) is 5.17. The Labute approximate surface area is 93.4 Å². The summed E-state index contributed by atoms with van der Waals surface area (Å²) in [4.78, 5) is 16.5. The first-order chi connectivity index (χ1) is 7.79. The van der Waals surface area contributed by atoms with Crippen LogP contribution in [0.4, 0.5) is 0 Å². The normalized spacial score (nSPS) is 11.6. The molecule has 1 aromatic carbocycles. The van der Waals surface area contributed by atoms with E-state index in [1.54, 1.807) is 0 Å². The van der Waals surface area contributed by atoms with Gasteiger partial charge < -0.3 is 15.3 Å². The number of aromatic nitrogens is 2. The molecule has 4 nitrogen and oxygen atoms in total.